The number of piperidine rings is 1. The number of likely N-dealkylation sites (tertiary alicyclic amines) is 2. The molecule has 1 unspecified atom stereocenters. The molecule has 1 aromatic carbocycles. The first-order valence-corrected chi connectivity index (χ1v) is 17.3. The second kappa shape index (κ2) is 12.9. The van der Waals surface area contributed by atoms with Crippen molar-refractivity contribution in [1.29, 1.82) is 0 Å². The Morgan fingerprint density at radius 1 is 1.00 bits per heavy atom. The molecule has 1 N–H and O–H groups in total. The van der Waals surface area contributed by atoms with Crippen molar-refractivity contribution >= 4 is 21.8 Å². The number of aromatic nitrogens is 2. The summed E-state index contributed by atoms with van der Waals surface area (Å²) in [5.41, 5.74) is 1.86. The highest BCUT2D eigenvalue weighted by Crippen LogP contribution is 2.40. The first-order valence-electron chi connectivity index (χ1n) is 14.5. The van der Waals surface area contributed by atoms with Crippen LogP contribution in [0.25, 0.3) is 11.3 Å². The van der Waals surface area contributed by atoms with Gasteiger partial charge in [0.25, 0.3) is 0 Å². The van der Waals surface area contributed by atoms with Gasteiger partial charge in [0.2, 0.25) is 10.0 Å². The molecule has 0 radical (unpaired) electrons. The summed E-state index contributed by atoms with van der Waals surface area (Å²) in [6.07, 6.45) is 2.11. The van der Waals surface area contributed by atoms with Gasteiger partial charge in [-0.25, -0.2) is 8.42 Å². The zero-order chi connectivity index (χ0) is 29.2. The van der Waals surface area contributed by atoms with Crippen LogP contribution in [0.15, 0.2) is 23.1 Å². The molecule has 2 saturated heterocycles. The first kappa shape index (κ1) is 30.8. The van der Waals surface area contributed by atoms with E-state index in [0.717, 1.165) is 76.4 Å². The summed E-state index contributed by atoms with van der Waals surface area (Å²) in [5.74, 6) is 0.545. The van der Waals surface area contributed by atoms with Gasteiger partial charge >= 0.3 is 6.18 Å². The Bertz CT molecular complexity index is 1310. The molecule has 4 heterocycles. The molecule has 0 saturated carbocycles. The lowest BCUT2D eigenvalue weighted by atomic mass is 10.0. The molecule has 3 aliphatic rings. The van der Waals surface area contributed by atoms with Crippen LogP contribution in [0.3, 0.4) is 0 Å². The van der Waals surface area contributed by atoms with E-state index < -0.39 is 27.9 Å². The fraction of sp³-hybridized carbons (Fsp3) is 0.679. The monoisotopic (exact) mass is 615 g/mol. The number of aliphatic hydroxyl groups excluding tert-OH is 1. The Hall–Kier alpha value is -1.64. The molecule has 1 aromatic heterocycles. The smallest absolute Gasteiger partial charge is 0.390 e. The third-order valence-corrected chi connectivity index (χ3v) is 10.6. The highest BCUT2D eigenvalue weighted by atomic mass is 32.2. The molecule has 8 nitrogen and oxygen atoms in total. The molecule has 0 amide bonds. The minimum Gasteiger partial charge on any atom is -0.390 e. The molecule has 5 rings (SSSR count). The van der Waals surface area contributed by atoms with Gasteiger partial charge in [0.1, 0.15) is 0 Å². The van der Waals surface area contributed by atoms with Crippen LogP contribution in [-0.4, -0.2) is 101 Å². The maximum atomic E-state index is 14.0. The SMILES string of the molecule is CS(=O)(=O)N1CCc2c(c(-c3ccc(C(F)(F)F)c(SCCN4CCCC4)c3)nn2CC(O)CN2CCCCC2)C1. The first-order chi connectivity index (χ1) is 19.5. The molecule has 2 fully saturated rings. The number of hydrogen-bond donors (Lipinski definition) is 1. The number of sulfonamides is 1. The Morgan fingerprint density at radius 3 is 2.37 bits per heavy atom. The quantitative estimate of drug-likeness (QED) is 0.406. The average molecular weight is 616 g/mol. The third-order valence-electron chi connectivity index (χ3n) is 8.29. The number of β-amino-alcohol motifs (C(OH)–C–C–N with tert-alkyl or cyclic N) is 1. The van der Waals surface area contributed by atoms with Gasteiger partial charge in [0, 0.05) is 60.1 Å². The van der Waals surface area contributed by atoms with Crippen molar-refractivity contribution in [3.05, 3.63) is 35.0 Å². The normalized spacial score (nSPS) is 20.4. The van der Waals surface area contributed by atoms with Crippen molar-refractivity contribution in [1.82, 2.24) is 23.9 Å². The van der Waals surface area contributed by atoms with Crippen LogP contribution >= 0.6 is 11.8 Å². The molecule has 228 valence electrons. The summed E-state index contributed by atoms with van der Waals surface area (Å²) in [4.78, 5) is 4.67. The van der Waals surface area contributed by atoms with Crippen molar-refractivity contribution in [3.63, 3.8) is 0 Å². The van der Waals surface area contributed by atoms with Crippen LogP contribution in [0.2, 0.25) is 0 Å². The van der Waals surface area contributed by atoms with E-state index >= 15 is 0 Å². The number of alkyl halides is 3. The van der Waals surface area contributed by atoms with E-state index in [1.165, 1.54) is 28.6 Å². The number of halogens is 3. The van der Waals surface area contributed by atoms with E-state index in [4.69, 9.17) is 5.10 Å². The fourth-order valence-corrected chi connectivity index (χ4v) is 8.05. The lowest BCUT2D eigenvalue weighted by Crippen LogP contribution is -2.39. The average Bonchev–Trinajstić information content (AvgIpc) is 3.56. The third kappa shape index (κ3) is 7.66. The number of fused-ring (bicyclic) bond motifs is 1. The zero-order valence-electron chi connectivity index (χ0n) is 23.6. The molecular weight excluding hydrogens is 575 g/mol. The highest BCUT2D eigenvalue weighted by Gasteiger charge is 2.35. The number of benzene rings is 1. The standard InChI is InChI=1S/C28H40F3N5O3S2/c1-41(38,39)35-14-9-25-23(20-35)27(32-36(25)19-22(37)18-34-12-3-2-4-13-34)21-7-8-24(28(29,30)31)26(17-21)40-16-15-33-10-5-6-11-33/h7-8,17,22,37H,2-6,9-16,18-20H2,1H3. The Morgan fingerprint density at radius 2 is 1.68 bits per heavy atom. The van der Waals surface area contributed by atoms with Crippen LogP contribution in [0.1, 0.15) is 48.9 Å². The predicted octanol–water partition coefficient (Wildman–Crippen LogP) is 3.92. The predicted molar refractivity (Wildman–Crippen MR) is 154 cm³/mol. The maximum Gasteiger partial charge on any atom is 0.417 e. The second-order valence-electron chi connectivity index (χ2n) is 11.4. The van der Waals surface area contributed by atoms with Gasteiger partial charge < -0.3 is 14.9 Å². The van der Waals surface area contributed by atoms with Crippen molar-refractivity contribution in [2.24, 2.45) is 0 Å². The summed E-state index contributed by atoms with van der Waals surface area (Å²) < 4.78 is 69.8. The molecule has 41 heavy (non-hydrogen) atoms. The maximum absolute atomic E-state index is 14.0. The minimum absolute atomic E-state index is 0.101. The van der Waals surface area contributed by atoms with Gasteiger partial charge in [-0.1, -0.05) is 12.5 Å². The Labute approximate surface area is 244 Å². The topological polar surface area (TPSA) is 81.9 Å². The van der Waals surface area contributed by atoms with Crippen molar-refractivity contribution < 1.29 is 26.7 Å². The molecule has 13 heteroatoms. The van der Waals surface area contributed by atoms with E-state index in [2.05, 4.69) is 9.80 Å². The molecule has 2 aromatic rings. The van der Waals surface area contributed by atoms with Crippen LogP contribution < -0.4 is 0 Å². The molecule has 0 spiro atoms. The minimum atomic E-state index is -4.49. The summed E-state index contributed by atoms with van der Waals surface area (Å²) in [6, 6.07) is 4.10. The van der Waals surface area contributed by atoms with Gasteiger partial charge in [-0.2, -0.15) is 22.6 Å². The van der Waals surface area contributed by atoms with Crippen molar-refractivity contribution in [3.8, 4) is 11.3 Å². The number of rotatable bonds is 10. The summed E-state index contributed by atoms with van der Waals surface area (Å²) in [5, 5.41) is 15.7. The van der Waals surface area contributed by atoms with E-state index in [1.54, 1.807) is 10.7 Å². The van der Waals surface area contributed by atoms with Gasteiger partial charge in [-0.3, -0.25) is 4.68 Å². The number of aliphatic hydroxyl groups is 1. The molecule has 1 atom stereocenters. The highest BCUT2D eigenvalue weighted by molar-refractivity contribution is 7.99. The second-order valence-corrected chi connectivity index (χ2v) is 14.5. The van der Waals surface area contributed by atoms with E-state index in [-0.39, 0.29) is 18.0 Å². The van der Waals surface area contributed by atoms with E-state index in [9.17, 15) is 26.7 Å². The zero-order valence-corrected chi connectivity index (χ0v) is 25.2. The fourth-order valence-electron chi connectivity index (χ4n) is 6.14. The summed E-state index contributed by atoms with van der Waals surface area (Å²) >= 11 is 1.20. The van der Waals surface area contributed by atoms with Gasteiger partial charge in [-0.15, -0.1) is 11.8 Å². The van der Waals surface area contributed by atoms with Crippen LogP contribution in [0.5, 0.6) is 0 Å². The summed E-state index contributed by atoms with van der Waals surface area (Å²) in [7, 11) is -3.47. The van der Waals surface area contributed by atoms with Gasteiger partial charge in [-0.05, 0) is 64.0 Å². The number of nitrogens with zero attached hydrogens (tertiary/aromatic N) is 5. The van der Waals surface area contributed by atoms with E-state index in [0.29, 0.717) is 42.1 Å². The number of hydrogen-bond acceptors (Lipinski definition) is 7. The molecular formula is C28H40F3N5O3S2. The van der Waals surface area contributed by atoms with Gasteiger partial charge in [0.05, 0.1) is 30.2 Å². The number of thioether (sulfide) groups is 1. The van der Waals surface area contributed by atoms with Crippen LogP contribution in [-0.2, 0) is 35.7 Å². The van der Waals surface area contributed by atoms with E-state index in [1.807, 2.05) is 0 Å². The lowest BCUT2D eigenvalue weighted by molar-refractivity contribution is -0.139. The van der Waals surface area contributed by atoms with Crippen LogP contribution in [0.4, 0.5) is 13.2 Å². The Kier molecular flexibility index (Phi) is 9.71. The van der Waals surface area contributed by atoms with Crippen LogP contribution in [0, 0.1) is 0 Å². The molecule has 0 aliphatic carbocycles. The van der Waals surface area contributed by atoms with Crippen molar-refractivity contribution in [2.75, 3.05) is 57.8 Å². The van der Waals surface area contributed by atoms with Crippen molar-refractivity contribution in [2.45, 2.75) is 68.8 Å². The van der Waals surface area contributed by atoms with Gasteiger partial charge in [0.15, 0.2) is 0 Å². The molecule has 0 bridgehead atoms. The summed E-state index contributed by atoms with van der Waals surface area (Å²) in [6.45, 7) is 5.77. The molecule has 3 aliphatic heterocycles. The lowest BCUT2D eigenvalue weighted by Gasteiger charge is -2.29. The Balaban J connectivity index is 1.45. The largest absolute Gasteiger partial charge is 0.417 e.